The molecule has 0 spiro atoms. The maximum absolute atomic E-state index is 12.6. The number of halogens is 2. The molecule has 6 rings (SSSR count). The highest BCUT2D eigenvalue weighted by Gasteiger charge is 2.13. The fourth-order valence-electron chi connectivity index (χ4n) is 5.30. The highest BCUT2D eigenvalue weighted by atomic mass is 19.1. The molecule has 2 unspecified atom stereocenters. The molecule has 6 N–H and O–H groups in total. The van der Waals surface area contributed by atoms with Gasteiger partial charge in [-0.05, 0) is 72.8 Å². The van der Waals surface area contributed by atoms with Crippen LogP contribution in [0.5, 0.6) is 11.5 Å². The quantitative estimate of drug-likeness (QED) is 0.104. The van der Waals surface area contributed by atoms with Crippen LogP contribution in [0.4, 0.5) is 31.5 Å². The van der Waals surface area contributed by atoms with E-state index in [1.807, 2.05) is 99.8 Å². The Kier molecular flexibility index (Phi) is 12.3. The fraction of sp³-hybridized carbons (Fsp3) is 0.250. The van der Waals surface area contributed by atoms with Crippen molar-refractivity contribution in [2.75, 3.05) is 76.0 Å². The zero-order valence-electron chi connectivity index (χ0n) is 29.6. The van der Waals surface area contributed by atoms with E-state index >= 15 is 0 Å². The molecule has 0 aliphatic rings. The highest BCUT2D eigenvalue weighted by Crippen LogP contribution is 2.33. The summed E-state index contributed by atoms with van der Waals surface area (Å²) in [4.78, 5) is 13.4. The van der Waals surface area contributed by atoms with E-state index in [2.05, 4.69) is 22.0 Å². The van der Waals surface area contributed by atoms with Gasteiger partial charge in [0.15, 0.2) is 0 Å². The molecule has 0 radical (unpaired) electrons. The van der Waals surface area contributed by atoms with Crippen molar-refractivity contribution in [3.05, 3.63) is 97.1 Å². The van der Waals surface area contributed by atoms with Gasteiger partial charge in [-0.2, -0.15) is 0 Å². The summed E-state index contributed by atoms with van der Waals surface area (Å²) in [6.45, 7) is -1.96. The van der Waals surface area contributed by atoms with Crippen molar-refractivity contribution in [3.63, 3.8) is 0 Å². The minimum Gasteiger partial charge on any atom is -0.489 e. The van der Waals surface area contributed by atoms with Gasteiger partial charge in [-0.1, -0.05) is 24.3 Å². The largest absolute Gasteiger partial charge is 0.489 e. The first-order valence-corrected chi connectivity index (χ1v) is 16.7. The van der Waals surface area contributed by atoms with E-state index in [1.54, 1.807) is 18.2 Å². The van der Waals surface area contributed by atoms with Crippen LogP contribution in [0.3, 0.4) is 0 Å². The van der Waals surface area contributed by atoms with Crippen LogP contribution >= 0.6 is 0 Å². The van der Waals surface area contributed by atoms with Gasteiger partial charge in [-0.25, -0.2) is 18.7 Å². The number of anilines is 4. The fourth-order valence-corrected chi connectivity index (χ4v) is 5.30. The zero-order valence-corrected chi connectivity index (χ0v) is 29.6. The molecule has 0 amide bonds. The van der Waals surface area contributed by atoms with Gasteiger partial charge in [0.25, 0.3) is 0 Å². The van der Waals surface area contributed by atoms with E-state index in [0.717, 1.165) is 55.7 Å². The van der Waals surface area contributed by atoms with E-state index in [0.29, 0.717) is 22.9 Å². The molecule has 2 aromatic heterocycles. The number of nitrogen functional groups attached to an aromatic ring is 2. The van der Waals surface area contributed by atoms with Crippen LogP contribution in [0.25, 0.3) is 44.3 Å². The molecule has 2 atom stereocenters. The lowest BCUT2D eigenvalue weighted by Gasteiger charge is -2.20. The van der Waals surface area contributed by atoms with Crippen molar-refractivity contribution in [1.29, 1.82) is 0 Å². The van der Waals surface area contributed by atoms with Crippen molar-refractivity contribution < 1.29 is 28.5 Å². The molecule has 0 aliphatic heterocycles. The number of aromatic nitrogens is 2. The first kappa shape index (κ1) is 37.5. The van der Waals surface area contributed by atoms with Crippen LogP contribution < -0.4 is 30.7 Å². The lowest BCUT2D eigenvalue weighted by Crippen LogP contribution is -2.20. The number of hydrogen-bond donors (Lipinski definition) is 4. The highest BCUT2D eigenvalue weighted by molar-refractivity contribution is 5.86. The lowest BCUT2D eigenvalue weighted by molar-refractivity contribution is 0.0844. The second-order valence-corrected chi connectivity index (χ2v) is 12.7. The van der Waals surface area contributed by atoms with E-state index in [4.69, 9.17) is 25.9 Å². The molecule has 0 fully saturated rings. The van der Waals surface area contributed by atoms with Crippen molar-refractivity contribution in [2.45, 2.75) is 12.2 Å². The molecular formula is C40H44F2N6O4. The number of nitrogens with zero attached hydrogens (tertiary/aromatic N) is 4. The van der Waals surface area contributed by atoms with Gasteiger partial charge in [-0.3, -0.25) is 0 Å². The van der Waals surface area contributed by atoms with Crippen molar-refractivity contribution >= 4 is 44.6 Å². The summed E-state index contributed by atoms with van der Waals surface area (Å²) < 4.78 is 36.0. The van der Waals surface area contributed by atoms with Crippen LogP contribution in [-0.2, 0) is 0 Å². The topological polar surface area (TPSA) is 143 Å². The predicted octanol–water partition coefficient (Wildman–Crippen LogP) is 6.52. The summed E-state index contributed by atoms with van der Waals surface area (Å²) >= 11 is 0. The van der Waals surface area contributed by atoms with E-state index in [-0.39, 0.29) is 13.2 Å². The summed E-state index contributed by atoms with van der Waals surface area (Å²) in [7, 11) is 7.83. The number of alkyl halides is 2. The second kappa shape index (κ2) is 17.0. The SMILES string of the molecule is CN(C)c1ccc2nc(-c3ccc(N(C)C)c(OCC(O)CF)c3)ccc2c1.Nc1ccc2nc(-c3ccc(N)c(OCC(O)CF)c3)ccc2c1. The van der Waals surface area contributed by atoms with Gasteiger partial charge >= 0.3 is 0 Å². The van der Waals surface area contributed by atoms with Crippen LogP contribution in [0.2, 0.25) is 0 Å². The number of aliphatic hydroxyl groups excluding tert-OH is 2. The smallest absolute Gasteiger partial charge is 0.143 e. The molecule has 0 aliphatic carbocycles. The molecule has 0 bridgehead atoms. The van der Waals surface area contributed by atoms with Gasteiger partial charge < -0.3 is 41.0 Å². The first-order chi connectivity index (χ1) is 24.9. The molecule has 272 valence electrons. The Bertz CT molecular complexity index is 2130. The summed E-state index contributed by atoms with van der Waals surface area (Å²) in [5.41, 5.74) is 19.7. The average Bonchev–Trinajstić information content (AvgIpc) is 3.15. The summed E-state index contributed by atoms with van der Waals surface area (Å²) in [6.07, 6.45) is -2.30. The van der Waals surface area contributed by atoms with Crippen LogP contribution in [0.15, 0.2) is 97.1 Å². The van der Waals surface area contributed by atoms with Crippen molar-refractivity contribution in [3.8, 4) is 34.0 Å². The maximum atomic E-state index is 12.6. The molecule has 10 nitrogen and oxygen atoms in total. The molecule has 2 heterocycles. The number of aliphatic hydroxyl groups is 2. The Morgan fingerprint density at radius 2 is 1.15 bits per heavy atom. The van der Waals surface area contributed by atoms with E-state index in [9.17, 15) is 19.0 Å². The monoisotopic (exact) mass is 710 g/mol. The Morgan fingerprint density at radius 3 is 1.73 bits per heavy atom. The minimum absolute atomic E-state index is 0.0980. The average molecular weight is 711 g/mol. The summed E-state index contributed by atoms with van der Waals surface area (Å²) in [6, 6.07) is 30.6. The van der Waals surface area contributed by atoms with Crippen molar-refractivity contribution in [1.82, 2.24) is 9.97 Å². The Hall–Kier alpha value is -5.72. The van der Waals surface area contributed by atoms with E-state index < -0.39 is 25.6 Å². The Labute approximate surface area is 301 Å². The van der Waals surface area contributed by atoms with Crippen LogP contribution in [-0.4, -0.2) is 87.1 Å². The first-order valence-electron chi connectivity index (χ1n) is 16.7. The molecule has 0 saturated carbocycles. The summed E-state index contributed by atoms with van der Waals surface area (Å²) in [5.74, 6) is 0.971. The summed E-state index contributed by atoms with van der Waals surface area (Å²) in [5, 5.41) is 20.8. The van der Waals surface area contributed by atoms with Gasteiger partial charge in [0, 0.05) is 61.5 Å². The van der Waals surface area contributed by atoms with Gasteiger partial charge in [0.05, 0.1) is 33.8 Å². The third-order valence-corrected chi connectivity index (χ3v) is 8.17. The number of hydrogen-bond acceptors (Lipinski definition) is 10. The number of rotatable bonds is 12. The van der Waals surface area contributed by atoms with E-state index in [1.165, 1.54) is 0 Å². The lowest BCUT2D eigenvalue weighted by atomic mass is 10.1. The Morgan fingerprint density at radius 1 is 0.615 bits per heavy atom. The third kappa shape index (κ3) is 9.33. The number of benzene rings is 4. The van der Waals surface area contributed by atoms with Crippen LogP contribution in [0.1, 0.15) is 0 Å². The third-order valence-electron chi connectivity index (χ3n) is 8.17. The minimum atomic E-state index is -1.17. The zero-order chi connectivity index (χ0) is 37.4. The molecule has 0 saturated heterocycles. The number of fused-ring (bicyclic) bond motifs is 2. The Balaban J connectivity index is 0.000000203. The normalized spacial score (nSPS) is 12.2. The second-order valence-electron chi connectivity index (χ2n) is 12.7. The molecule has 6 aromatic rings. The number of nitrogens with two attached hydrogens (primary N) is 2. The van der Waals surface area contributed by atoms with Gasteiger partial charge in [-0.15, -0.1) is 0 Å². The van der Waals surface area contributed by atoms with Crippen molar-refractivity contribution in [2.24, 2.45) is 0 Å². The standard InChI is InChI=1S/C22H26FN3O2.C18H18FN3O2/c1-25(2)17-7-9-20-15(11-17)5-8-19(24-20)16-6-10-21(26(3)4)22(12-16)28-14-18(27)13-23;19-9-14(23)10-24-18-8-12(1-4-15(18)21)16-5-2-11-7-13(20)3-6-17(11)22-16/h5-12,18,27H,13-14H2,1-4H3;1-8,14,23H,9-10,20-21H2. The maximum Gasteiger partial charge on any atom is 0.143 e. The number of ether oxygens (including phenoxy) is 2. The van der Waals surface area contributed by atoms with Gasteiger partial charge in [0.1, 0.15) is 50.3 Å². The number of pyridine rings is 2. The molecular weight excluding hydrogens is 666 g/mol. The molecule has 52 heavy (non-hydrogen) atoms. The van der Waals surface area contributed by atoms with Crippen LogP contribution in [0, 0.1) is 0 Å². The predicted molar refractivity (Wildman–Crippen MR) is 207 cm³/mol. The molecule has 4 aromatic carbocycles. The molecule has 12 heteroatoms. The van der Waals surface area contributed by atoms with Gasteiger partial charge in [0.2, 0.25) is 0 Å².